The maximum absolute atomic E-state index is 12.4. The van der Waals surface area contributed by atoms with Gasteiger partial charge in [-0.3, -0.25) is 4.79 Å². The maximum atomic E-state index is 12.4. The van der Waals surface area contributed by atoms with E-state index in [0.717, 1.165) is 37.7 Å². The summed E-state index contributed by atoms with van der Waals surface area (Å²) < 4.78 is 10.8. The van der Waals surface area contributed by atoms with E-state index in [0.29, 0.717) is 28.6 Å². The third kappa shape index (κ3) is 6.74. The van der Waals surface area contributed by atoms with E-state index in [1.165, 1.54) is 6.08 Å². The van der Waals surface area contributed by atoms with Gasteiger partial charge in [0.1, 0.15) is 12.4 Å². The minimum atomic E-state index is -0.483. The Morgan fingerprint density at radius 1 is 1.03 bits per heavy atom. The highest BCUT2D eigenvalue weighted by atomic mass is 16.5. The normalized spacial score (nSPS) is 18.2. The van der Waals surface area contributed by atoms with E-state index in [4.69, 9.17) is 20.9 Å². The van der Waals surface area contributed by atoms with Crippen LogP contribution in [0.5, 0.6) is 5.75 Å². The highest BCUT2D eigenvalue weighted by Crippen LogP contribution is 2.32. The first-order valence-corrected chi connectivity index (χ1v) is 10.9. The largest absolute Gasteiger partial charge is 0.458 e. The summed E-state index contributed by atoms with van der Waals surface area (Å²) in [4.78, 5) is 24.4. The summed E-state index contributed by atoms with van der Waals surface area (Å²) in [7, 11) is 0. The van der Waals surface area contributed by atoms with Crippen LogP contribution in [0.3, 0.4) is 0 Å². The average Bonchev–Trinajstić information content (AvgIpc) is 2.78. The number of ether oxygens (including phenoxy) is 2. The Bertz CT molecular complexity index is 974. The first kappa shape index (κ1) is 23.1. The van der Waals surface area contributed by atoms with Gasteiger partial charge in [0, 0.05) is 23.0 Å². The van der Waals surface area contributed by atoms with E-state index in [1.807, 2.05) is 6.08 Å². The number of rotatable bonds is 8. The van der Waals surface area contributed by atoms with Crippen LogP contribution in [0.2, 0.25) is 0 Å². The number of allylic oxidation sites excluding steroid dienone is 1. The summed E-state index contributed by atoms with van der Waals surface area (Å²) in [6, 6.07) is 12.1. The third-order valence-electron chi connectivity index (χ3n) is 5.73. The molecule has 0 amide bonds. The van der Waals surface area contributed by atoms with Crippen LogP contribution in [0.1, 0.15) is 43.2 Å². The van der Waals surface area contributed by atoms with E-state index in [-0.39, 0.29) is 18.5 Å². The average molecular weight is 435 g/mol. The predicted molar refractivity (Wildman–Crippen MR) is 126 cm³/mol. The molecule has 0 atom stereocenters. The van der Waals surface area contributed by atoms with Crippen LogP contribution in [0, 0.1) is 11.8 Å². The molecule has 1 aliphatic rings. The number of hydrogen-bond donors (Lipinski definition) is 2. The van der Waals surface area contributed by atoms with Gasteiger partial charge in [-0.15, -0.1) is 6.58 Å². The van der Waals surface area contributed by atoms with E-state index >= 15 is 0 Å². The Labute approximate surface area is 188 Å². The summed E-state index contributed by atoms with van der Waals surface area (Å²) in [5, 5.41) is 0. The van der Waals surface area contributed by atoms with Crippen molar-refractivity contribution < 1.29 is 19.1 Å². The SMILES string of the molecule is C=CCC1CCC(C(=O)Oc2ccc(/C=C/C(=O)OCc3ccc(N)cc3N)cc2)CC1. The van der Waals surface area contributed by atoms with E-state index in [2.05, 4.69) is 6.58 Å². The number of anilines is 2. The van der Waals surface area contributed by atoms with Crippen molar-refractivity contribution in [2.24, 2.45) is 11.8 Å². The van der Waals surface area contributed by atoms with Gasteiger partial charge in [0.05, 0.1) is 5.92 Å². The van der Waals surface area contributed by atoms with Crippen LogP contribution >= 0.6 is 0 Å². The van der Waals surface area contributed by atoms with E-state index < -0.39 is 5.97 Å². The van der Waals surface area contributed by atoms with Gasteiger partial charge in [-0.05, 0) is 73.9 Å². The molecule has 4 N–H and O–H groups in total. The second-order valence-electron chi connectivity index (χ2n) is 8.13. The van der Waals surface area contributed by atoms with Crippen LogP contribution in [0.4, 0.5) is 11.4 Å². The Hall–Kier alpha value is -3.54. The van der Waals surface area contributed by atoms with Gasteiger partial charge in [-0.25, -0.2) is 4.79 Å². The zero-order valence-corrected chi connectivity index (χ0v) is 18.2. The number of esters is 2. The molecule has 168 valence electrons. The first-order chi connectivity index (χ1) is 15.4. The van der Waals surface area contributed by atoms with Gasteiger partial charge in [-0.1, -0.05) is 24.3 Å². The van der Waals surface area contributed by atoms with Gasteiger partial charge in [0.15, 0.2) is 0 Å². The van der Waals surface area contributed by atoms with Gasteiger partial charge in [0.25, 0.3) is 0 Å². The van der Waals surface area contributed by atoms with Crippen molar-refractivity contribution in [2.75, 3.05) is 11.5 Å². The summed E-state index contributed by atoms with van der Waals surface area (Å²) in [6.45, 7) is 3.86. The third-order valence-corrected chi connectivity index (χ3v) is 5.73. The lowest BCUT2D eigenvalue weighted by Gasteiger charge is -2.26. The second kappa shape index (κ2) is 11.2. The quantitative estimate of drug-likeness (QED) is 0.201. The molecule has 0 aliphatic heterocycles. The summed E-state index contributed by atoms with van der Waals surface area (Å²) in [5.74, 6) is 0.445. The molecule has 1 aliphatic carbocycles. The monoisotopic (exact) mass is 434 g/mol. The Morgan fingerprint density at radius 3 is 2.41 bits per heavy atom. The number of nitrogens with two attached hydrogens (primary N) is 2. The molecule has 0 saturated heterocycles. The van der Waals surface area contributed by atoms with E-state index in [9.17, 15) is 9.59 Å². The second-order valence-corrected chi connectivity index (χ2v) is 8.13. The van der Waals surface area contributed by atoms with Crippen molar-refractivity contribution in [3.63, 3.8) is 0 Å². The molecule has 6 nitrogen and oxygen atoms in total. The number of benzene rings is 2. The molecule has 6 heteroatoms. The lowest BCUT2D eigenvalue weighted by Crippen LogP contribution is -2.25. The highest BCUT2D eigenvalue weighted by molar-refractivity contribution is 5.87. The van der Waals surface area contributed by atoms with Crippen molar-refractivity contribution in [2.45, 2.75) is 38.7 Å². The van der Waals surface area contributed by atoms with E-state index in [1.54, 1.807) is 48.5 Å². The minimum Gasteiger partial charge on any atom is -0.458 e. The maximum Gasteiger partial charge on any atom is 0.331 e. The van der Waals surface area contributed by atoms with Crippen molar-refractivity contribution in [1.29, 1.82) is 0 Å². The first-order valence-electron chi connectivity index (χ1n) is 10.9. The fourth-order valence-corrected chi connectivity index (χ4v) is 3.82. The molecule has 32 heavy (non-hydrogen) atoms. The Morgan fingerprint density at radius 2 is 1.75 bits per heavy atom. The number of carbonyl (C=O) groups is 2. The molecular formula is C26H30N2O4. The van der Waals surface area contributed by atoms with Crippen LogP contribution < -0.4 is 16.2 Å². The zero-order chi connectivity index (χ0) is 22.9. The summed E-state index contributed by atoms with van der Waals surface area (Å²) >= 11 is 0. The van der Waals surface area contributed by atoms with Crippen LogP contribution in [-0.4, -0.2) is 11.9 Å². The smallest absolute Gasteiger partial charge is 0.331 e. The number of nitrogen functional groups attached to an aromatic ring is 2. The van der Waals surface area contributed by atoms with Gasteiger partial charge in [0.2, 0.25) is 0 Å². The molecular weight excluding hydrogens is 404 g/mol. The van der Waals surface area contributed by atoms with Crippen LogP contribution in [-0.2, 0) is 20.9 Å². The van der Waals surface area contributed by atoms with Crippen molar-refractivity contribution >= 4 is 29.4 Å². The van der Waals surface area contributed by atoms with Gasteiger partial charge < -0.3 is 20.9 Å². The number of carbonyl (C=O) groups excluding carboxylic acids is 2. The fourth-order valence-electron chi connectivity index (χ4n) is 3.82. The van der Waals surface area contributed by atoms with Gasteiger partial charge >= 0.3 is 11.9 Å². The minimum absolute atomic E-state index is 0.0412. The Balaban J connectivity index is 1.45. The summed E-state index contributed by atoms with van der Waals surface area (Å²) in [5.41, 5.74) is 14.0. The zero-order valence-electron chi connectivity index (χ0n) is 18.2. The number of hydrogen-bond acceptors (Lipinski definition) is 6. The van der Waals surface area contributed by atoms with Crippen molar-refractivity contribution in [3.8, 4) is 5.75 Å². The Kier molecular flexibility index (Phi) is 8.08. The van der Waals surface area contributed by atoms with Crippen molar-refractivity contribution in [3.05, 3.63) is 72.3 Å². The van der Waals surface area contributed by atoms with Crippen LogP contribution in [0.25, 0.3) is 6.08 Å². The summed E-state index contributed by atoms with van der Waals surface area (Å²) in [6.07, 6.45) is 9.75. The van der Waals surface area contributed by atoms with Gasteiger partial charge in [-0.2, -0.15) is 0 Å². The molecule has 0 bridgehead atoms. The fraction of sp³-hybridized carbons (Fsp3) is 0.308. The predicted octanol–water partition coefficient (Wildman–Crippen LogP) is 4.90. The highest BCUT2D eigenvalue weighted by Gasteiger charge is 2.27. The molecule has 0 aromatic heterocycles. The lowest BCUT2D eigenvalue weighted by atomic mass is 9.80. The molecule has 1 fully saturated rings. The van der Waals surface area contributed by atoms with Crippen LogP contribution in [0.15, 0.2) is 61.2 Å². The lowest BCUT2D eigenvalue weighted by molar-refractivity contribution is -0.140. The molecule has 0 heterocycles. The molecule has 2 aromatic carbocycles. The standard InChI is InChI=1S/C26H30N2O4/c1-2-3-18-4-9-20(10-5-18)26(30)32-23-13-6-19(7-14-23)8-15-25(29)31-17-21-11-12-22(27)16-24(21)28/h2,6-8,11-16,18,20H,1,3-5,9-10,17,27-28H2/b15-8+. The molecule has 1 saturated carbocycles. The molecule has 2 aromatic rings. The molecule has 0 radical (unpaired) electrons. The molecule has 0 unspecified atom stereocenters. The molecule has 3 rings (SSSR count). The molecule has 0 spiro atoms. The topological polar surface area (TPSA) is 105 Å². The van der Waals surface area contributed by atoms with Crippen molar-refractivity contribution in [1.82, 2.24) is 0 Å².